The molecule has 0 aliphatic heterocycles. The van der Waals surface area contributed by atoms with Crippen molar-refractivity contribution in [1.29, 1.82) is 0 Å². The van der Waals surface area contributed by atoms with Crippen LogP contribution in [0.3, 0.4) is 0 Å². The number of aryl methyl sites for hydroxylation is 1. The smallest absolute Gasteiger partial charge is 0.119 e. The largest absolute Gasteiger partial charge is 0.494 e. The average Bonchev–Trinajstić information content (AvgIpc) is 3.08. The molecular weight excluding hydrogens is 532 g/mol. The van der Waals surface area contributed by atoms with E-state index >= 15 is 0 Å². The number of hydrogen-bond acceptors (Lipinski definition) is 1. The highest BCUT2D eigenvalue weighted by atomic mass is 16.5. The van der Waals surface area contributed by atoms with Crippen molar-refractivity contribution >= 4 is 21.5 Å². The molecule has 1 nitrogen and oxygen atoms in total. The second-order valence-electron chi connectivity index (χ2n) is 10.5. The molecule has 0 fully saturated rings. The van der Waals surface area contributed by atoms with Gasteiger partial charge in [0, 0.05) is 34.2 Å². The van der Waals surface area contributed by atoms with E-state index in [2.05, 4.69) is 141 Å². The molecule has 0 radical (unpaired) electrons. The minimum absolute atomic E-state index is 0.735. The van der Waals surface area contributed by atoms with Gasteiger partial charge in [-0.15, -0.1) is 0 Å². The van der Waals surface area contributed by atoms with Crippen LogP contribution in [0.25, 0.3) is 21.5 Å². The van der Waals surface area contributed by atoms with Crippen molar-refractivity contribution in [3.05, 3.63) is 124 Å². The SMILES string of the molecule is CC.CCCCC#Cc1ccc2cc(C#Cc3ccc(C#Cc4ccc5cc(OCCC)ccc5c4)cc3CC)ccc2c1. The molecule has 5 aromatic carbocycles. The Kier molecular flexibility index (Phi) is 12.1. The average molecular weight is 575 g/mol. The monoisotopic (exact) mass is 574 g/mol. The van der Waals surface area contributed by atoms with E-state index in [1.165, 1.54) is 22.8 Å². The molecule has 0 spiro atoms. The van der Waals surface area contributed by atoms with E-state index in [0.717, 1.165) is 76.6 Å². The van der Waals surface area contributed by atoms with Crippen LogP contribution in [0.4, 0.5) is 0 Å². The molecule has 0 heterocycles. The van der Waals surface area contributed by atoms with Gasteiger partial charge in [0.05, 0.1) is 6.61 Å². The molecule has 5 aromatic rings. The zero-order valence-corrected chi connectivity index (χ0v) is 26.8. The zero-order valence-electron chi connectivity index (χ0n) is 26.8. The fourth-order valence-corrected chi connectivity index (χ4v) is 4.81. The highest BCUT2D eigenvalue weighted by molar-refractivity contribution is 5.86. The minimum atomic E-state index is 0.735. The molecule has 0 N–H and O–H groups in total. The van der Waals surface area contributed by atoms with Crippen molar-refractivity contribution in [2.24, 2.45) is 0 Å². The van der Waals surface area contributed by atoms with E-state index in [0.29, 0.717) is 0 Å². The zero-order chi connectivity index (χ0) is 31.1. The lowest BCUT2D eigenvalue weighted by molar-refractivity contribution is 0.318. The summed E-state index contributed by atoms with van der Waals surface area (Å²) in [4.78, 5) is 0. The number of rotatable bonds is 6. The fourth-order valence-electron chi connectivity index (χ4n) is 4.81. The van der Waals surface area contributed by atoms with E-state index in [4.69, 9.17) is 4.74 Å². The summed E-state index contributed by atoms with van der Waals surface area (Å²) >= 11 is 0. The summed E-state index contributed by atoms with van der Waals surface area (Å²) in [6, 6.07) is 31.7. The summed E-state index contributed by atoms with van der Waals surface area (Å²) in [7, 11) is 0. The molecule has 0 atom stereocenters. The maximum atomic E-state index is 5.77. The van der Waals surface area contributed by atoms with Gasteiger partial charge in [-0.2, -0.15) is 0 Å². The number of benzene rings is 5. The van der Waals surface area contributed by atoms with Gasteiger partial charge in [0.1, 0.15) is 5.75 Å². The van der Waals surface area contributed by atoms with Gasteiger partial charge in [-0.25, -0.2) is 0 Å². The van der Waals surface area contributed by atoms with Crippen molar-refractivity contribution in [1.82, 2.24) is 0 Å². The lowest BCUT2D eigenvalue weighted by Crippen LogP contribution is -1.94. The van der Waals surface area contributed by atoms with Crippen LogP contribution < -0.4 is 4.74 Å². The van der Waals surface area contributed by atoms with Crippen molar-refractivity contribution in [3.63, 3.8) is 0 Å². The van der Waals surface area contributed by atoms with Crippen molar-refractivity contribution < 1.29 is 4.74 Å². The highest BCUT2D eigenvalue weighted by Gasteiger charge is 2.02. The van der Waals surface area contributed by atoms with E-state index in [-0.39, 0.29) is 0 Å². The van der Waals surface area contributed by atoms with Crippen molar-refractivity contribution in [2.75, 3.05) is 6.61 Å². The standard InChI is InChI=1S/C41H36O.C2H6/c1-4-7-8-9-10-31-15-20-38-29-34(16-21-37(38)27-31)14-19-36-18-13-32(26-35(36)6-3)11-12-33-17-22-40-30-41(42-25-5-2)24-23-39(40)28-33;1-2/h13,15-18,20-24,26-30H,4-8,25H2,1-3H3;1-2H3. The molecule has 0 aromatic heterocycles. The van der Waals surface area contributed by atoms with Crippen LogP contribution in [-0.4, -0.2) is 6.61 Å². The second kappa shape index (κ2) is 16.7. The number of unbranched alkanes of at least 4 members (excludes halogenated alkanes) is 2. The van der Waals surface area contributed by atoms with E-state index in [1.54, 1.807) is 0 Å². The Morgan fingerprint density at radius 3 is 1.64 bits per heavy atom. The van der Waals surface area contributed by atoms with Crippen molar-refractivity contribution in [2.45, 2.75) is 66.7 Å². The third-order valence-electron chi connectivity index (χ3n) is 7.19. The Morgan fingerprint density at radius 2 is 1.05 bits per heavy atom. The second-order valence-corrected chi connectivity index (χ2v) is 10.5. The first kappa shape index (κ1) is 32.0. The van der Waals surface area contributed by atoms with Crippen LogP contribution in [-0.2, 0) is 6.42 Å². The van der Waals surface area contributed by atoms with E-state index in [9.17, 15) is 0 Å². The number of ether oxygens (including phenoxy) is 1. The van der Waals surface area contributed by atoms with E-state index < -0.39 is 0 Å². The molecule has 0 aliphatic carbocycles. The van der Waals surface area contributed by atoms with Gasteiger partial charge in [0.15, 0.2) is 0 Å². The maximum absolute atomic E-state index is 5.77. The molecule has 220 valence electrons. The lowest BCUT2D eigenvalue weighted by atomic mass is 10.0. The van der Waals surface area contributed by atoms with Gasteiger partial charge >= 0.3 is 0 Å². The highest BCUT2D eigenvalue weighted by Crippen LogP contribution is 2.22. The van der Waals surface area contributed by atoms with Crippen molar-refractivity contribution in [3.8, 4) is 41.3 Å². The third kappa shape index (κ3) is 8.81. The van der Waals surface area contributed by atoms with Gasteiger partial charge in [0.25, 0.3) is 0 Å². The summed E-state index contributed by atoms with van der Waals surface area (Å²) in [5.41, 5.74) is 6.33. The molecule has 44 heavy (non-hydrogen) atoms. The molecule has 0 bridgehead atoms. The molecular formula is C43H42O. The van der Waals surface area contributed by atoms with Gasteiger partial charge < -0.3 is 4.74 Å². The van der Waals surface area contributed by atoms with Crippen LogP contribution in [0.5, 0.6) is 5.75 Å². The van der Waals surface area contributed by atoms with Crippen LogP contribution >= 0.6 is 0 Å². The quantitative estimate of drug-likeness (QED) is 0.145. The Labute approximate surface area is 264 Å². The van der Waals surface area contributed by atoms with E-state index in [1.807, 2.05) is 19.9 Å². The Morgan fingerprint density at radius 1 is 0.523 bits per heavy atom. The van der Waals surface area contributed by atoms with Gasteiger partial charge in [-0.1, -0.05) is 101 Å². The minimum Gasteiger partial charge on any atom is -0.494 e. The molecule has 1 heteroatoms. The predicted molar refractivity (Wildman–Crippen MR) is 189 cm³/mol. The summed E-state index contributed by atoms with van der Waals surface area (Å²) in [5.74, 6) is 21.0. The molecule has 0 saturated heterocycles. The Hall–Kier alpha value is -4.90. The summed E-state index contributed by atoms with van der Waals surface area (Å²) in [6.45, 7) is 11.2. The van der Waals surface area contributed by atoms with Crippen LogP contribution in [0, 0.1) is 35.5 Å². The van der Waals surface area contributed by atoms with Gasteiger partial charge in [0.2, 0.25) is 0 Å². The summed E-state index contributed by atoms with van der Waals surface area (Å²) in [6.07, 6.45) is 5.19. The Balaban J connectivity index is 0.00000216. The first-order chi connectivity index (χ1) is 21.6. The lowest BCUT2D eigenvalue weighted by Gasteiger charge is -2.06. The van der Waals surface area contributed by atoms with Crippen LogP contribution in [0.15, 0.2) is 91.0 Å². The maximum Gasteiger partial charge on any atom is 0.119 e. The summed E-state index contributed by atoms with van der Waals surface area (Å²) in [5, 5.41) is 4.70. The molecule has 0 unspecified atom stereocenters. The fraction of sp³-hybridized carbons (Fsp3) is 0.256. The molecule has 0 amide bonds. The van der Waals surface area contributed by atoms with Crippen LogP contribution in [0.2, 0.25) is 0 Å². The topological polar surface area (TPSA) is 9.23 Å². The number of fused-ring (bicyclic) bond motifs is 2. The first-order valence-electron chi connectivity index (χ1n) is 16.0. The van der Waals surface area contributed by atoms with Gasteiger partial charge in [-0.05, 0) is 113 Å². The molecule has 5 rings (SSSR count). The normalized spacial score (nSPS) is 9.93. The molecule has 0 aliphatic rings. The Bertz CT molecular complexity index is 1910. The molecule has 0 saturated carbocycles. The van der Waals surface area contributed by atoms with Crippen LogP contribution in [0.1, 0.15) is 93.7 Å². The summed E-state index contributed by atoms with van der Waals surface area (Å²) < 4.78 is 5.77. The predicted octanol–water partition coefficient (Wildman–Crippen LogP) is 10.7. The number of hydrogen-bond donors (Lipinski definition) is 0. The first-order valence-corrected chi connectivity index (χ1v) is 16.0. The third-order valence-corrected chi connectivity index (χ3v) is 7.19. The van der Waals surface area contributed by atoms with Gasteiger partial charge in [-0.3, -0.25) is 0 Å².